The number of ether oxygens (including phenoxy) is 1. The van der Waals surface area contributed by atoms with Crippen LogP contribution in [0.3, 0.4) is 0 Å². The molecule has 2 N–H and O–H groups in total. The first kappa shape index (κ1) is 17.7. The molecule has 0 bridgehead atoms. The van der Waals surface area contributed by atoms with Crippen LogP contribution in [0.4, 0.5) is 0 Å². The molecule has 1 aromatic heterocycles. The minimum absolute atomic E-state index is 0.108. The summed E-state index contributed by atoms with van der Waals surface area (Å²) in [6.45, 7) is 6.88. The lowest BCUT2D eigenvalue weighted by molar-refractivity contribution is 0.0956. The van der Waals surface area contributed by atoms with Gasteiger partial charge >= 0.3 is 0 Å². The van der Waals surface area contributed by atoms with E-state index in [0.29, 0.717) is 30.3 Å². The molecule has 120 valence electrons. The molecule has 0 aliphatic carbocycles. The highest BCUT2D eigenvalue weighted by Crippen LogP contribution is 2.25. The lowest BCUT2D eigenvalue weighted by Gasteiger charge is -2.15. The van der Waals surface area contributed by atoms with Gasteiger partial charge in [0.2, 0.25) is 0 Å². The number of ketones is 1. The highest BCUT2D eigenvalue weighted by atomic mass is 16.5. The number of hydrogen-bond acceptors (Lipinski definition) is 4. The number of rotatable bonds is 10. The van der Waals surface area contributed by atoms with E-state index in [1.54, 1.807) is 18.0 Å². The minimum atomic E-state index is 0.108. The molecular formula is C16H29N3O2. The van der Waals surface area contributed by atoms with Crippen molar-refractivity contribution in [2.75, 3.05) is 13.7 Å². The Hall–Kier alpha value is -1.36. The lowest BCUT2D eigenvalue weighted by atomic mass is 9.93. The number of nitrogens with zero attached hydrogens (tertiary/aromatic N) is 2. The van der Waals surface area contributed by atoms with Crippen molar-refractivity contribution in [2.24, 2.45) is 11.7 Å². The molecule has 1 rings (SSSR count). The number of hydrogen-bond donors (Lipinski definition) is 1. The van der Waals surface area contributed by atoms with Crippen LogP contribution in [0.15, 0.2) is 6.20 Å². The molecule has 1 atom stereocenters. The Morgan fingerprint density at radius 1 is 1.38 bits per heavy atom. The van der Waals surface area contributed by atoms with Crippen molar-refractivity contribution < 1.29 is 9.53 Å². The number of methoxy groups -OCH3 is 1. The van der Waals surface area contributed by atoms with Crippen LogP contribution in [0.5, 0.6) is 5.75 Å². The molecule has 0 aliphatic heterocycles. The Morgan fingerprint density at radius 2 is 2.10 bits per heavy atom. The minimum Gasteiger partial charge on any atom is -0.493 e. The molecule has 5 heteroatoms. The second-order valence-electron chi connectivity index (χ2n) is 5.79. The zero-order valence-electron chi connectivity index (χ0n) is 13.8. The van der Waals surface area contributed by atoms with Gasteiger partial charge in [0, 0.05) is 12.5 Å². The number of carbonyl (C=O) groups excluding carboxylic acids is 1. The summed E-state index contributed by atoms with van der Waals surface area (Å²) in [5.74, 6) is 1.21. The van der Waals surface area contributed by atoms with Crippen molar-refractivity contribution in [3.05, 3.63) is 11.9 Å². The van der Waals surface area contributed by atoms with Crippen molar-refractivity contribution in [2.45, 2.75) is 58.9 Å². The van der Waals surface area contributed by atoms with Crippen molar-refractivity contribution in [3.63, 3.8) is 0 Å². The number of aromatic nitrogens is 2. The Kier molecular flexibility index (Phi) is 7.43. The van der Waals surface area contributed by atoms with E-state index >= 15 is 0 Å². The van der Waals surface area contributed by atoms with Gasteiger partial charge < -0.3 is 10.5 Å². The standard InChI is InChI=1S/C16H29N3O2/c1-5-6-13(9-10-17)7-8-14(20)16-15(21-4)11-18-19(16)12(2)3/h11-13H,5-10,17H2,1-4H3. The molecule has 0 saturated carbocycles. The molecule has 0 spiro atoms. The average molecular weight is 295 g/mol. The highest BCUT2D eigenvalue weighted by Gasteiger charge is 2.21. The Labute approximate surface area is 127 Å². The van der Waals surface area contributed by atoms with Crippen LogP contribution in [-0.2, 0) is 0 Å². The number of carbonyl (C=O) groups is 1. The molecule has 0 aromatic carbocycles. The van der Waals surface area contributed by atoms with E-state index in [2.05, 4.69) is 12.0 Å². The quantitative estimate of drug-likeness (QED) is 0.673. The van der Waals surface area contributed by atoms with Crippen molar-refractivity contribution in [3.8, 4) is 5.75 Å². The topological polar surface area (TPSA) is 70.1 Å². The SMILES string of the molecule is CCCC(CCN)CCC(=O)c1c(OC)cnn1C(C)C. The normalized spacial score (nSPS) is 12.7. The van der Waals surface area contributed by atoms with Gasteiger partial charge in [0.05, 0.1) is 13.3 Å². The van der Waals surface area contributed by atoms with E-state index < -0.39 is 0 Å². The summed E-state index contributed by atoms with van der Waals surface area (Å²) in [7, 11) is 1.58. The Bertz CT molecular complexity index is 435. The highest BCUT2D eigenvalue weighted by molar-refractivity contribution is 5.97. The predicted octanol–water partition coefficient (Wildman–Crippen LogP) is 3.20. The molecule has 0 aliphatic rings. The van der Waals surface area contributed by atoms with E-state index in [9.17, 15) is 4.79 Å². The van der Waals surface area contributed by atoms with Crippen LogP contribution in [0, 0.1) is 5.92 Å². The summed E-state index contributed by atoms with van der Waals surface area (Å²) >= 11 is 0. The first-order valence-corrected chi connectivity index (χ1v) is 7.89. The van der Waals surface area contributed by atoms with Gasteiger partial charge in [0.15, 0.2) is 11.5 Å². The van der Waals surface area contributed by atoms with Crippen molar-refractivity contribution in [1.82, 2.24) is 9.78 Å². The van der Waals surface area contributed by atoms with Crippen molar-refractivity contribution in [1.29, 1.82) is 0 Å². The van der Waals surface area contributed by atoms with Crippen LogP contribution >= 0.6 is 0 Å². The molecule has 0 fully saturated rings. The van der Waals surface area contributed by atoms with Crippen molar-refractivity contribution >= 4 is 5.78 Å². The molecular weight excluding hydrogens is 266 g/mol. The predicted molar refractivity (Wildman–Crippen MR) is 84.8 cm³/mol. The monoisotopic (exact) mass is 295 g/mol. The summed E-state index contributed by atoms with van der Waals surface area (Å²) in [6, 6.07) is 0.142. The van der Waals surface area contributed by atoms with E-state index in [0.717, 1.165) is 25.7 Å². The van der Waals surface area contributed by atoms with Gasteiger partial charge in [-0.3, -0.25) is 9.48 Å². The van der Waals surface area contributed by atoms with Gasteiger partial charge in [-0.05, 0) is 39.2 Å². The zero-order chi connectivity index (χ0) is 15.8. The van der Waals surface area contributed by atoms with E-state index in [1.165, 1.54) is 0 Å². The Morgan fingerprint density at radius 3 is 2.62 bits per heavy atom. The third-order valence-corrected chi connectivity index (χ3v) is 3.79. The molecule has 21 heavy (non-hydrogen) atoms. The lowest BCUT2D eigenvalue weighted by Crippen LogP contribution is -2.15. The fourth-order valence-corrected chi connectivity index (χ4v) is 2.68. The van der Waals surface area contributed by atoms with Crippen LogP contribution in [0.2, 0.25) is 0 Å². The fraction of sp³-hybridized carbons (Fsp3) is 0.750. The average Bonchev–Trinajstić information content (AvgIpc) is 2.89. The van der Waals surface area contributed by atoms with Gasteiger partial charge in [-0.2, -0.15) is 5.10 Å². The molecule has 0 amide bonds. The van der Waals surface area contributed by atoms with E-state index in [-0.39, 0.29) is 11.8 Å². The largest absolute Gasteiger partial charge is 0.493 e. The van der Waals surface area contributed by atoms with Gasteiger partial charge in [-0.25, -0.2) is 0 Å². The molecule has 1 aromatic rings. The van der Waals surface area contributed by atoms with Gasteiger partial charge in [-0.15, -0.1) is 0 Å². The maximum absolute atomic E-state index is 12.6. The third-order valence-electron chi connectivity index (χ3n) is 3.79. The third kappa shape index (κ3) is 4.84. The van der Waals surface area contributed by atoms with Gasteiger partial charge in [-0.1, -0.05) is 19.8 Å². The number of Topliss-reactive ketones (excluding diaryl/α,β-unsaturated/α-hetero) is 1. The zero-order valence-corrected chi connectivity index (χ0v) is 13.8. The molecule has 1 unspecified atom stereocenters. The molecule has 0 saturated heterocycles. The summed E-state index contributed by atoms with van der Waals surface area (Å²) in [5.41, 5.74) is 6.24. The summed E-state index contributed by atoms with van der Waals surface area (Å²) < 4.78 is 7.02. The second kappa shape index (κ2) is 8.82. The summed E-state index contributed by atoms with van der Waals surface area (Å²) in [6.07, 6.45) is 6.28. The van der Waals surface area contributed by atoms with E-state index in [1.807, 2.05) is 13.8 Å². The van der Waals surface area contributed by atoms with Crippen LogP contribution in [0.1, 0.15) is 69.4 Å². The van der Waals surface area contributed by atoms with Crippen LogP contribution < -0.4 is 10.5 Å². The molecule has 0 radical (unpaired) electrons. The second-order valence-corrected chi connectivity index (χ2v) is 5.79. The van der Waals surface area contributed by atoms with E-state index in [4.69, 9.17) is 10.5 Å². The first-order chi connectivity index (χ1) is 10.0. The maximum atomic E-state index is 12.6. The maximum Gasteiger partial charge on any atom is 0.184 e. The molecule has 1 heterocycles. The smallest absolute Gasteiger partial charge is 0.184 e. The van der Waals surface area contributed by atoms with Gasteiger partial charge in [0.25, 0.3) is 0 Å². The molecule has 5 nitrogen and oxygen atoms in total. The summed E-state index contributed by atoms with van der Waals surface area (Å²) in [4.78, 5) is 12.6. The Balaban J connectivity index is 2.76. The fourth-order valence-electron chi connectivity index (χ4n) is 2.68. The van der Waals surface area contributed by atoms with Crippen LogP contribution in [0.25, 0.3) is 0 Å². The summed E-state index contributed by atoms with van der Waals surface area (Å²) in [5, 5.41) is 4.26. The first-order valence-electron chi connectivity index (χ1n) is 7.89. The van der Waals surface area contributed by atoms with Crippen LogP contribution in [-0.4, -0.2) is 29.2 Å². The number of nitrogens with two attached hydrogens (primary N) is 1. The van der Waals surface area contributed by atoms with Gasteiger partial charge in [0.1, 0.15) is 5.69 Å².